The van der Waals surface area contributed by atoms with Crippen LogP contribution in [0.2, 0.25) is 0 Å². The van der Waals surface area contributed by atoms with Crippen molar-refractivity contribution in [3.63, 3.8) is 0 Å². The first kappa shape index (κ1) is 13.4. The van der Waals surface area contributed by atoms with E-state index in [1.54, 1.807) is 12.3 Å². The van der Waals surface area contributed by atoms with Gasteiger partial charge in [-0.3, -0.25) is 0 Å². The second-order valence-electron chi connectivity index (χ2n) is 4.40. The van der Waals surface area contributed by atoms with Gasteiger partial charge in [-0.2, -0.15) is 18.3 Å². The van der Waals surface area contributed by atoms with Gasteiger partial charge in [0.2, 0.25) is 0 Å². The molecule has 21 heavy (non-hydrogen) atoms. The highest BCUT2D eigenvalue weighted by Crippen LogP contribution is 2.29. The van der Waals surface area contributed by atoms with Crippen LogP contribution < -0.4 is 0 Å². The Hall–Kier alpha value is -2.63. The number of hydrogen-bond acceptors (Lipinski definition) is 2. The monoisotopic (exact) mass is 289 g/mol. The molecule has 0 atom stereocenters. The van der Waals surface area contributed by atoms with Gasteiger partial charge in [-0.15, -0.1) is 0 Å². The van der Waals surface area contributed by atoms with Gasteiger partial charge < -0.3 is 0 Å². The second-order valence-corrected chi connectivity index (χ2v) is 4.40. The van der Waals surface area contributed by atoms with Crippen molar-refractivity contribution < 1.29 is 13.2 Å². The Morgan fingerprint density at radius 1 is 0.905 bits per heavy atom. The molecule has 3 nitrogen and oxygen atoms in total. The SMILES string of the molecule is FC(F)(F)c1ccc(-n2nccc2-c2ccccc2)nc1. The van der Waals surface area contributed by atoms with E-state index in [1.807, 2.05) is 30.3 Å². The summed E-state index contributed by atoms with van der Waals surface area (Å²) in [5.74, 6) is 0.340. The van der Waals surface area contributed by atoms with Gasteiger partial charge in [0.15, 0.2) is 5.82 Å². The van der Waals surface area contributed by atoms with Crippen LogP contribution in [0.15, 0.2) is 60.9 Å². The topological polar surface area (TPSA) is 30.7 Å². The highest BCUT2D eigenvalue weighted by molar-refractivity contribution is 5.61. The standard InChI is InChI=1S/C15H10F3N3/c16-15(17,18)12-6-7-14(19-10-12)21-13(8-9-20-21)11-4-2-1-3-5-11/h1-10H. The van der Waals surface area contributed by atoms with E-state index in [0.717, 1.165) is 23.5 Å². The first-order chi connectivity index (χ1) is 10.1. The first-order valence-corrected chi connectivity index (χ1v) is 6.19. The summed E-state index contributed by atoms with van der Waals surface area (Å²) < 4.78 is 39.1. The number of hydrogen-bond donors (Lipinski definition) is 0. The maximum absolute atomic E-state index is 12.5. The van der Waals surface area contributed by atoms with E-state index in [-0.39, 0.29) is 0 Å². The molecule has 3 aromatic rings. The van der Waals surface area contributed by atoms with Crippen molar-refractivity contribution in [2.75, 3.05) is 0 Å². The van der Waals surface area contributed by atoms with Gasteiger partial charge in [-0.1, -0.05) is 30.3 Å². The quantitative estimate of drug-likeness (QED) is 0.715. The Kier molecular flexibility index (Phi) is 3.21. The minimum atomic E-state index is -4.39. The number of alkyl halides is 3. The molecule has 106 valence electrons. The van der Waals surface area contributed by atoms with Gasteiger partial charge >= 0.3 is 6.18 Å². The van der Waals surface area contributed by atoms with Crippen molar-refractivity contribution >= 4 is 0 Å². The molecule has 2 aromatic heterocycles. The minimum absolute atomic E-state index is 0.340. The van der Waals surface area contributed by atoms with Crippen molar-refractivity contribution in [1.29, 1.82) is 0 Å². The number of nitrogens with zero attached hydrogens (tertiary/aromatic N) is 3. The van der Waals surface area contributed by atoms with Crippen LogP contribution in [-0.2, 0) is 6.18 Å². The molecule has 0 aliphatic heterocycles. The molecule has 0 spiro atoms. The van der Waals surface area contributed by atoms with Crippen molar-refractivity contribution in [2.45, 2.75) is 6.18 Å². The Balaban J connectivity index is 2.01. The summed E-state index contributed by atoms with van der Waals surface area (Å²) in [6.07, 6.45) is -1.99. The van der Waals surface area contributed by atoms with Crippen LogP contribution in [0.1, 0.15) is 5.56 Å². The van der Waals surface area contributed by atoms with E-state index in [1.165, 1.54) is 10.7 Å². The van der Waals surface area contributed by atoms with Crippen LogP contribution in [0.3, 0.4) is 0 Å². The van der Waals surface area contributed by atoms with Crippen molar-refractivity contribution in [1.82, 2.24) is 14.8 Å². The highest BCUT2D eigenvalue weighted by atomic mass is 19.4. The number of benzene rings is 1. The molecule has 6 heteroatoms. The van der Waals surface area contributed by atoms with Gasteiger partial charge in [0.25, 0.3) is 0 Å². The molecule has 2 heterocycles. The third kappa shape index (κ3) is 2.65. The average molecular weight is 289 g/mol. The Morgan fingerprint density at radius 3 is 2.29 bits per heavy atom. The second kappa shape index (κ2) is 5.05. The molecule has 0 bridgehead atoms. The summed E-state index contributed by atoms with van der Waals surface area (Å²) in [6, 6.07) is 13.5. The van der Waals surface area contributed by atoms with Crippen LogP contribution in [0.5, 0.6) is 0 Å². The molecule has 0 amide bonds. The summed E-state index contributed by atoms with van der Waals surface area (Å²) in [7, 11) is 0. The summed E-state index contributed by atoms with van der Waals surface area (Å²) in [4.78, 5) is 3.85. The predicted octanol–water partition coefficient (Wildman–Crippen LogP) is 3.95. The molecule has 0 aliphatic rings. The molecular weight excluding hydrogens is 279 g/mol. The van der Waals surface area contributed by atoms with E-state index in [9.17, 15) is 13.2 Å². The predicted molar refractivity (Wildman–Crippen MR) is 71.8 cm³/mol. The summed E-state index contributed by atoms with van der Waals surface area (Å²) >= 11 is 0. The maximum Gasteiger partial charge on any atom is 0.417 e. The Labute approximate surface area is 118 Å². The lowest BCUT2D eigenvalue weighted by molar-refractivity contribution is -0.137. The van der Waals surface area contributed by atoms with Crippen molar-refractivity contribution in [3.8, 4) is 17.1 Å². The van der Waals surface area contributed by atoms with E-state index in [4.69, 9.17) is 0 Å². The van der Waals surface area contributed by atoms with Gasteiger partial charge in [0.1, 0.15) is 0 Å². The largest absolute Gasteiger partial charge is 0.417 e. The summed E-state index contributed by atoms with van der Waals surface area (Å²) in [6.45, 7) is 0. The van der Waals surface area contributed by atoms with Gasteiger partial charge in [-0.05, 0) is 18.2 Å². The minimum Gasteiger partial charge on any atom is -0.236 e. The molecule has 0 unspecified atom stereocenters. The molecule has 0 N–H and O–H groups in total. The number of rotatable bonds is 2. The number of pyridine rings is 1. The zero-order chi connectivity index (χ0) is 14.9. The molecule has 1 aromatic carbocycles. The Morgan fingerprint density at radius 2 is 1.67 bits per heavy atom. The smallest absolute Gasteiger partial charge is 0.236 e. The van der Waals surface area contributed by atoms with Crippen LogP contribution in [-0.4, -0.2) is 14.8 Å². The van der Waals surface area contributed by atoms with Crippen LogP contribution in [0.25, 0.3) is 17.1 Å². The summed E-state index contributed by atoms with van der Waals surface area (Å²) in [5, 5.41) is 4.13. The van der Waals surface area contributed by atoms with Gasteiger partial charge in [0.05, 0.1) is 17.5 Å². The maximum atomic E-state index is 12.5. The third-order valence-electron chi connectivity index (χ3n) is 3.00. The lowest BCUT2D eigenvalue weighted by Gasteiger charge is -2.09. The third-order valence-corrected chi connectivity index (χ3v) is 3.00. The van der Waals surface area contributed by atoms with Crippen molar-refractivity contribution in [3.05, 3.63) is 66.5 Å². The van der Waals surface area contributed by atoms with E-state index in [0.29, 0.717) is 5.82 Å². The van der Waals surface area contributed by atoms with Crippen LogP contribution >= 0.6 is 0 Å². The average Bonchev–Trinajstić information content (AvgIpc) is 2.97. The van der Waals surface area contributed by atoms with Gasteiger partial charge in [-0.25, -0.2) is 9.67 Å². The van der Waals surface area contributed by atoms with Crippen LogP contribution in [0, 0.1) is 0 Å². The number of aromatic nitrogens is 3. The molecule has 0 radical (unpaired) electrons. The fourth-order valence-corrected chi connectivity index (χ4v) is 1.99. The molecular formula is C15H10F3N3. The molecule has 0 fully saturated rings. The first-order valence-electron chi connectivity index (χ1n) is 6.19. The molecule has 0 saturated carbocycles. The zero-order valence-corrected chi connectivity index (χ0v) is 10.7. The van der Waals surface area contributed by atoms with E-state index >= 15 is 0 Å². The van der Waals surface area contributed by atoms with E-state index < -0.39 is 11.7 Å². The number of halogens is 3. The van der Waals surface area contributed by atoms with Gasteiger partial charge in [0, 0.05) is 11.8 Å². The highest BCUT2D eigenvalue weighted by Gasteiger charge is 2.30. The van der Waals surface area contributed by atoms with Crippen LogP contribution in [0.4, 0.5) is 13.2 Å². The molecule has 0 saturated heterocycles. The summed E-state index contributed by atoms with van der Waals surface area (Å²) in [5.41, 5.74) is 0.902. The Bertz CT molecular complexity index is 731. The molecule has 3 rings (SSSR count). The van der Waals surface area contributed by atoms with E-state index in [2.05, 4.69) is 10.1 Å². The lowest BCUT2D eigenvalue weighted by atomic mass is 10.1. The zero-order valence-electron chi connectivity index (χ0n) is 10.7. The lowest BCUT2D eigenvalue weighted by Crippen LogP contribution is -2.07. The van der Waals surface area contributed by atoms with Crippen molar-refractivity contribution in [2.24, 2.45) is 0 Å². The molecule has 0 aliphatic carbocycles. The fraction of sp³-hybridized carbons (Fsp3) is 0.0667. The fourth-order valence-electron chi connectivity index (χ4n) is 1.99. The normalized spacial score (nSPS) is 11.6.